The van der Waals surface area contributed by atoms with Crippen molar-refractivity contribution in [3.63, 3.8) is 0 Å². The molecule has 0 spiro atoms. The fourth-order valence-corrected chi connectivity index (χ4v) is 4.45. The van der Waals surface area contributed by atoms with Crippen molar-refractivity contribution in [3.8, 4) is 5.69 Å². The minimum atomic E-state index is -0.328. The number of aromatic nitrogens is 1. The van der Waals surface area contributed by atoms with Crippen molar-refractivity contribution in [2.24, 2.45) is 0 Å². The van der Waals surface area contributed by atoms with Crippen LogP contribution in [0.2, 0.25) is 4.34 Å². The van der Waals surface area contributed by atoms with Crippen LogP contribution in [-0.2, 0) is 6.42 Å². The molecular formula is C26H22ClN3O3S. The predicted octanol–water partition coefficient (Wildman–Crippen LogP) is 4.32. The Kier molecular flexibility index (Phi) is 7.57. The SMILES string of the molecule is O=C(NC(CNC(=O)c1ccc(Cl)s1)Cc1ccccc1)c1ccc(-n2ccccc2=O)cc1. The lowest BCUT2D eigenvalue weighted by molar-refractivity contribution is 0.0910. The summed E-state index contributed by atoms with van der Waals surface area (Å²) >= 11 is 7.14. The van der Waals surface area contributed by atoms with E-state index in [1.807, 2.05) is 30.3 Å². The highest BCUT2D eigenvalue weighted by molar-refractivity contribution is 7.18. The maximum Gasteiger partial charge on any atom is 0.261 e. The number of carbonyl (C=O) groups is 2. The van der Waals surface area contributed by atoms with E-state index in [1.54, 1.807) is 54.7 Å². The second kappa shape index (κ2) is 11.0. The lowest BCUT2D eigenvalue weighted by Gasteiger charge is -2.20. The predicted molar refractivity (Wildman–Crippen MR) is 135 cm³/mol. The number of thiophene rings is 1. The summed E-state index contributed by atoms with van der Waals surface area (Å²) in [5.41, 5.74) is 2.03. The van der Waals surface area contributed by atoms with Gasteiger partial charge < -0.3 is 10.6 Å². The standard InChI is InChI=1S/C26H22ClN3O3S/c27-23-14-13-22(34-23)26(33)28-17-20(16-18-6-2-1-3-7-18)29-25(32)19-9-11-21(12-10-19)30-15-5-4-8-24(30)31/h1-15,20H,16-17H2,(H,28,33)(H,29,32). The van der Waals surface area contributed by atoms with Gasteiger partial charge in [-0.1, -0.05) is 48.0 Å². The molecule has 0 aliphatic rings. The zero-order valence-electron chi connectivity index (χ0n) is 18.1. The number of nitrogens with one attached hydrogen (secondary N) is 2. The van der Waals surface area contributed by atoms with Gasteiger partial charge in [-0.25, -0.2) is 0 Å². The summed E-state index contributed by atoms with van der Waals surface area (Å²) in [5, 5.41) is 5.91. The first-order valence-electron chi connectivity index (χ1n) is 10.7. The number of pyridine rings is 1. The van der Waals surface area contributed by atoms with Crippen molar-refractivity contribution in [2.45, 2.75) is 12.5 Å². The number of benzene rings is 2. The number of carbonyl (C=O) groups excluding carboxylic acids is 2. The van der Waals surface area contributed by atoms with E-state index in [-0.39, 0.29) is 30.0 Å². The molecule has 2 aromatic heterocycles. The Morgan fingerprint density at radius 3 is 2.29 bits per heavy atom. The van der Waals surface area contributed by atoms with Gasteiger partial charge in [-0.05, 0) is 54.4 Å². The van der Waals surface area contributed by atoms with Crippen molar-refractivity contribution in [1.29, 1.82) is 0 Å². The van der Waals surface area contributed by atoms with Crippen molar-refractivity contribution in [2.75, 3.05) is 6.54 Å². The van der Waals surface area contributed by atoms with E-state index in [9.17, 15) is 14.4 Å². The summed E-state index contributed by atoms with van der Waals surface area (Å²) in [4.78, 5) is 38.0. The fraction of sp³-hybridized carbons (Fsp3) is 0.115. The van der Waals surface area contributed by atoms with Crippen molar-refractivity contribution < 1.29 is 9.59 Å². The van der Waals surface area contributed by atoms with Crippen molar-refractivity contribution in [3.05, 3.63) is 122 Å². The second-order valence-corrected chi connectivity index (χ2v) is 9.34. The van der Waals surface area contributed by atoms with Crippen LogP contribution in [0.15, 0.2) is 95.9 Å². The molecule has 2 amide bonds. The Balaban J connectivity index is 1.46. The lowest BCUT2D eigenvalue weighted by atomic mass is 10.0. The molecule has 34 heavy (non-hydrogen) atoms. The van der Waals surface area contributed by atoms with E-state index in [1.165, 1.54) is 22.0 Å². The number of amides is 2. The molecule has 1 unspecified atom stereocenters. The molecule has 4 aromatic rings. The Morgan fingerprint density at radius 2 is 1.62 bits per heavy atom. The molecule has 0 aliphatic heterocycles. The van der Waals surface area contributed by atoms with E-state index in [0.717, 1.165) is 5.56 Å². The van der Waals surface area contributed by atoms with E-state index in [4.69, 9.17) is 11.6 Å². The quantitative estimate of drug-likeness (QED) is 0.385. The zero-order valence-corrected chi connectivity index (χ0v) is 19.7. The number of hydrogen-bond donors (Lipinski definition) is 2. The highest BCUT2D eigenvalue weighted by Gasteiger charge is 2.17. The van der Waals surface area contributed by atoms with Crippen LogP contribution in [0.1, 0.15) is 25.6 Å². The maximum absolute atomic E-state index is 13.0. The molecule has 8 heteroatoms. The van der Waals surface area contributed by atoms with Gasteiger partial charge in [0.15, 0.2) is 0 Å². The molecule has 0 aliphatic carbocycles. The highest BCUT2D eigenvalue weighted by Crippen LogP contribution is 2.21. The molecule has 172 valence electrons. The van der Waals surface area contributed by atoms with E-state index < -0.39 is 0 Å². The fourth-order valence-electron chi connectivity index (χ4n) is 3.50. The molecule has 2 heterocycles. The first kappa shape index (κ1) is 23.5. The Morgan fingerprint density at radius 1 is 0.882 bits per heavy atom. The summed E-state index contributed by atoms with van der Waals surface area (Å²) < 4.78 is 2.05. The average Bonchev–Trinajstić information content (AvgIpc) is 3.30. The van der Waals surface area contributed by atoms with Gasteiger partial charge in [-0.2, -0.15) is 0 Å². The Bertz CT molecular complexity index is 1330. The number of halogens is 1. The van der Waals surface area contributed by atoms with Gasteiger partial charge >= 0.3 is 0 Å². The molecule has 4 rings (SSSR count). The highest BCUT2D eigenvalue weighted by atomic mass is 35.5. The minimum absolute atomic E-state index is 0.148. The summed E-state index contributed by atoms with van der Waals surface area (Å²) in [6, 6.07) is 24.5. The molecule has 0 radical (unpaired) electrons. The molecular weight excluding hydrogens is 470 g/mol. The maximum atomic E-state index is 13.0. The number of nitrogens with zero attached hydrogens (tertiary/aromatic N) is 1. The third-order valence-electron chi connectivity index (χ3n) is 5.20. The van der Waals surface area contributed by atoms with E-state index >= 15 is 0 Å². The van der Waals surface area contributed by atoms with Crippen LogP contribution in [0.5, 0.6) is 0 Å². The first-order chi connectivity index (χ1) is 16.5. The summed E-state index contributed by atoms with van der Waals surface area (Å²) in [6.07, 6.45) is 2.23. The molecule has 0 fully saturated rings. The van der Waals surface area contributed by atoms with Gasteiger partial charge in [0, 0.05) is 30.1 Å². The van der Waals surface area contributed by atoms with Crippen LogP contribution in [0.3, 0.4) is 0 Å². The van der Waals surface area contributed by atoms with Crippen LogP contribution in [0.4, 0.5) is 0 Å². The Hall–Kier alpha value is -3.68. The van der Waals surface area contributed by atoms with Crippen LogP contribution >= 0.6 is 22.9 Å². The molecule has 6 nitrogen and oxygen atoms in total. The molecule has 2 N–H and O–H groups in total. The van der Waals surface area contributed by atoms with Crippen LogP contribution in [0, 0.1) is 0 Å². The third kappa shape index (κ3) is 6.01. The summed E-state index contributed by atoms with van der Waals surface area (Å²) in [7, 11) is 0. The van der Waals surface area contributed by atoms with Crippen LogP contribution in [-0.4, -0.2) is 29.0 Å². The largest absolute Gasteiger partial charge is 0.349 e. The van der Waals surface area contributed by atoms with Gasteiger partial charge in [0.05, 0.1) is 15.3 Å². The van der Waals surface area contributed by atoms with Gasteiger partial charge in [0.1, 0.15) is 0 Å². The number of hydrogen-bond acceptors (Lipinski definition) is 4. The van der Waals surface area contributed by atoms with Crippen molar-refractivity contribution >= 4 is 34.8 Å². The van der Waals surface area contributed by atoms with Gasteiger partial charge in [-0.15, -0.1) is 11.3 Å². The minimum Gasteiger partial charge on any atom is -0.349 e. The van der Waals surface area contributed by atoms with Crippen molar-refractivity contribution in [1.82, 2.24) is 15.2 Å². The normalized spacial score (nSPS) is 11.6. The zero-order chi connectivity index (χ0) is 23.9. The average molecular weight is 492 g/mol. The smallest absolute Gasteiger partial charge is 0.261 e. The van der Waals surface area contributed by atoms with Gasteiger partial charge in [-0.3, -0.25) is 19.0 Å². The summed E-state index contributed by atoms with van der Waals surface area (Å²) in [6.45, 7) is 0.256. The molecule has 0 saturated carbocycles. The molecule has 0 saturated heterocycles. The summed E-state index contributed by atoms with van der Waals surface area (Å²) in [5.74, 6) is -0.497. The Labute approximate surface area is 205 Å². The topological polar surface area (TPSA) is 80.2 Å². The van der Waals surface area contributed by atoms with E-state index in [0.29, 0.717) is 26.9 Å². The number of rotatable bonds is 8. The lowest BCUT2D eigenvalue weighted by Crippen LogP contribution is -2.45. The van der Waals surface area contributed by atoms with Crippen LogP contribution in [0.25, 0.3) is 5.69 Å². The van der Waals surface area contributed by atoms with Gasteiger partial charge in [0.2, 0.25) is 0 Å². The monoisotopic (exact) mass is 491 g/mol. The third-order valence-corrected chi connectivity index (χ3v) is 6.43. The second-order valence-electron chi connectivity index (χ2n) is 7.63. The first-order valence-corrected chi connectivity index (χ1v) is 11.9. The molecule has 2 aromatic carbocycles. The molecule has 1 atom stereocenters. The van der Waals surface area contributed by atoms with Gasteiger partial charge in [0.25, 0.3) is 17.4 Å². The van der Waals surface area contributed by atoms with Crippen LogP contribution < -0.4 is 16.2 Å². The van der Waals surface area contributed by atoms with E-state index in [2.05, 4.69) is 10.6 Å². The molecule has 0 bridgehead atoms.